The molecule has 1 atom stereocenters. The molecule has 3 heteroatoms. The second-order valence-electron chi connectivity index (χ2n) is 3.50. The fraction of sp³-hybridized carbons (Fsp3) is 0.250. The highest BCUT2D eigenvalue weighted by atomic mass is 16.3. The molecule has 1 N–H and O–H groups in total. The van der Waals surface area contributed by atoms with E-state index in [0.29, 0.717) is 6.54 Å². The summed E-state index contributed by atoms with van der Waals surface area (Å²) in [5.41, 5.74) is 0.969. The number of amides is 1. The number of carbonyl (C=O) groups excluding carboxylic acids is 1. The van der Waals surface area contributed by atoms with Crippen molar-refractivity contribution in [2.24, 2.45) is 0 Å². The summed E-state index contributed by atoms with van der Waals surface area (Å²) in [6.07, 6.45) is 3.36. The summed E-state index contributed by atoms with van der Waals surface area (Å²) in [4.78, 5) is 13.1. The first-order valence-electron chi connectivity index (χ1n) is 4.96. The smallest absolute Gasteiger partial charge is 0.247 e. The average Bonchev–Trinajstić information content (AvgIpc) is 2.68. The van der Waals surface area contributed by atoms with Crippen LogP contribution in [-0.4, -0.2) is 29.1 Å². The lowest BCUT2D eigenvalue weighted by molar-refractivity contribution is -0.127. The van der Waals surface area contributed by atoms with Gasteiger partial charge in [-0.2, -0.15) is 0 Å². The van der Waals surface area contributed by atoms with E-state index in [0.717, 1.165) is 5.56 Å². The number of hydrogen-bond donors (Lipinski definition) is 1. The van der Waals surface area contributed by atoms with Gasteiger partial charge in [0.25, 0.3) is 0 Å². The Hall–Kier alpha value is -1.61. The van der Waals surface area contributed by atoms with Gasteiger partial charge in [0.15, 0.2) is 0 Å². The van der Waals surface area contributed by atoms with Gasteiger partial charge in [-0.25, -0.2) is 0 Å². The van der Waals surface area contributed by atoms with Crippen molar-refractivity contribution in [3.05, 3.63) is 48.0 Å². The SMILES string of the molecule is O=C1C=CCN1[C@H](CO)c1ccccc1. The van der Waals surface area contributed by atoms with Gasteiger partial charge < -0.3 is 10.0 Å². The molecule has 1 aliphatic heterocycles. The number of rotatable bonds is 3. The minimum absolute atomic E-state index is 0.0297. The van der Waals surface area contributed by atoms with Gasteiger partial charge in [-0.05, 0) is 5.56 Å². The van der Waals surface area contributed by atoms with Crippen LogP contribution in [-0.2, 0) is 4.79 Å². The monoisotopic (exact) mass is 203 g/mol. The predicted octanol–water partition coefficient (Wildman–Crippen LogP) is 1.12. The molecule has 1 heterocycles. The Morgan fingerprint density at radius 1 is 1.33 bits per heavy atom. The molecule has 0 saturated carbocycles. The highest BCUT2D eigenvalue weighted by Gasteiger charge is 2.24. The molecule has 1 aromatic carbocycles. The Kier molecular flexibility index (Phi) is 2.83. The molecule has 2 rings (SSSR count). The van der Waals surface area contributed by atoms with Gasteiger partial charge in [0.2, 0.25) is 5.91 Å². The Balaban J connectivity index is 2.21. The molecule has 1 aliphatic rings. The van der Waals surface area contributed by atoms with E-state index in [1.54, 1.807) is 11.0 Å². The Labute approximate surface area is 88.6 Å². The second kappa shape index (κ2) is 4.28. The van der Waals surface area contributed by atoms with E-state index in [-0.39, 0.29) is 18.6 Å². The maximum absolute atomic E-state index is 11.5. The van der Waals surface area contributed by atoms with E-state index in [1.807, 2.05) is 36.4 Å². The number of benzene rings is 1. The van der Waals surface area contributed by atoms with E-state index >= 15 is 0 Å². The summed E-state index contributed by atoms with van der Waals surface area (Å²) in [6.45, 7) is 0.538. The zero-order valence-electron chi connectivity index (χ0n) is 8.34. The standard InChI is InChI=1S/C12H13NO2/c14-9-11(10-5-2-1-3-6-10)13-8-4-7-12(13)15/h1-7,11,14H,8-9H2/t11-/m1/s1. The molecular weight excluding hydrogens is 190 g/mol. The van der Waals surface area contributed by atoms with Gasteiger partial charge in [-0.1, -0.05) is 36.4 Å². The maximum atomic E-state index is 11.5. The van der Waals surface area contributed by atoms with Crippen LogP contribution in [0.15, 0.2) is 42.5 Å². The van der Waals surface area contributed by atoms with Crippen molar-refractivity contribution < 1.29 is 9.90 Å². The molecule has 3 nitrogen and oxygen atoms in total. The van der Waals surface area contributed by atoms with E-state index in [4.69, 9.17) is 0 Å². The van der Waals surface area contributed by atoms with Gasteiger partial charge in [-0.15, -0.1) is 0 Å². The first-order chi connectivity index (χ1) is 7.33. The summed E-state index contributed by atoms with van der Waals surface area (Å²) in [5, 5.41) is 9.34. The van der Waals surface area contributed by atoms with E-state index < -0.39 is 0 Å². The molecular formula is C12H13NO2. The molecule has 0 unspecified atom stereocenters. The molecule has 0 fully saturated rings. The van der Waals surface area contributed by atoms with Crippen LogP contribution in [0.2, 0.25) is 0 Å². The van der Waals surface area contributed by atoms with E-state index in [1.165, 1.54) is 0 Å². The van der Waals surface area contributed by atoms with Crippen LogP contribution < -0.4 is 0 Å². The second-order valence-corrected chi connectivity index (χ2v) is 3.50. The first-order valence-corrected chi connectivity index (χ1v) is 4.96. The lowest BCUT2D eigenvalue weighted by Gasteiger charge is -2.26. The number of aliphatic hydroxyl groups is 1. The normalized spacial score (nSPS) is 17.1. The number of nitrogens with zero attached hydrogens (tertiary/aromatic N) is 1. The fourth-order valence-corrected chi connectivity index (χ4v) is 1.79. The van der Waals surface area contributed by atoms with E-state index in [2.05, 4.69) is 0 Å². The number of aliphatic hydroxyl groups excluding tert-OH is 1. The lowest BCUT2D eigenvalue weighted by Crippen LogP contribution is -2.32. The highest BCUT2D eigenvalue weighted by molar-refractivity contribution is 5.90. The molecule has 15 heavy (non-hydrogen) atoms. The molecule has 0 radical (unpaired) electrons. The van der Waals surface area contributed by atoms with E-state index in [9.17, 15) is 9.90 Å². The van der Waals surface area contributed by atoms with Crippen LogP contribution in [0.4, 0.5) is 0 Å². The van der Waals surface area contributed by atoms with Crippen molar-refractivity contribution in [1.82, 2.24) is 4.90 Å². The quantitative estimate of drug-likeness (QED) is 0.799. The van der Waals surface area contributed by atoms with Crippen molar-refractivity contribution in [3.63, 3.8) is 0 Å². The van der Waals surface area contributed by atoms with Crippen molar-refractivity contribution in [2.75, 3.05) is 13.2 Å². The van der Waals surface area contributed by atoms with Crippen LogP contribution in [0.1, 0.15) is 11.6 Å². The van der Waals surface area contributed by atoms with Crippen molar-refractivity contribution in [1.29, 1.82) is 0 Å². The minimum Gasteiger partial charge on any atom is -0.394 e. The summed E-state index contributed by atoms with van der Waals surface area (Å²) < 4.78 is 0. The Morgan fingerprint density at radius 2 is 2.07 bits per heavy atom. The summed E-state index contributed by atoms with van der Waals surface area (Å²) in [7, 11) is 0. The third-order valence-electron chi connectivity index (χ3n) is 2.58. The van der Waals surface area contributed by atoms with Crippen LogP contribution in [0, 0.1) is 0 Å². The average molecular weight is 203 g/mol. The van der Waals surface area contributed by atoms with Gasteiger partial charge >= 0.3 is 0 Å². The van der Waals surface area contributed by atoms with Crippen LogP contribution >= 0.6 is 0 Å². The minimum atomic E-state index is -0.228. The molecule has 78 valence electrons. The molecule has 0 aliphatic carbocycles. The highest BCUT2D eigenvalue weighted by Crippen LogP contribution is 2.22. The van der Waals surface area contributed by atoms with Crippen molar-refractivity contribution in [3.8, 4) is 0 Å². The van der Waals surface area contributed by atoms with Gasteiger partial charge in [0.1, 0.15) is 0 Å². The third-order valence-corrected chi connectivity index (χ3v) is 2.58. The molecule has 0 bridgehead atoms. The summed E-state index contributed by atoms with van der Waals surface area (Å²) in [5.74, 6) is -0.0297. The lowest BCUT2D eigenvalue weighted by atomic mass is 10.1. The number of carbonyl (C=O) groups is 1. The van der Waals surface area contributed by atoms with Gasteiger partial charge in [0, 0.05) is 12.6 Å². The van der Waals surface area contributed by atoms with Crippen LogP contribution in [0.25, 0.3) is 0 Å². The van der Waals surface area contributed by atoms with Crippen LogP contribution in [0.5, 0.6) is 0 Å². The van der Waals surface area contributed by atoms with Gasteiger partial charge in [0.05, 0.1) is 12.6 Å². The van der Waals surface area contributed by atoms with Crippen molar-refractivity contribution in [2.45, 2.75) is 6.04 Å². The zero-order valence-corrected chi connectivity index (χ0v) is 8.34. The Morgan fingerprint density at radius 3 is 2.60 bits per heavy atom. The summed E-state index contributed by atoms with van der Waals surface area (Å²) >= 11 is 0. The molecule has 0 saturated heterocycles. The third kappa shape index (κ3) is 1.92. The molecule has 1 aromatic rings. The zero-order chi connectivity index (χ0) is 10.7. The topological polar surface area (TPSA) is 40.5 Å². The maximum Gasteiger partial charge on any atom is 0.247 e. The van der Waals surface area contributed by atoms with Gasteiger partial charge in [-0.3, -0.25) is 4.79 Å². The fourth-order valence-electron chi connectivity index (χ4n) is 1.79. The molecule has 0 aromatic heterocycles. The largest absolute Gasteiger partial charge is 0.394 e. The molecule has 0 spiro atoms. The number of hydrogen-bond acceptors (Lipinski definition) is 2. The van der Waals surface area contributed by atoms with Crippen LogP contribution in [0.3, 0.4) is 0 Å². The first kappa shape index (κ1) is 9.93. The Bertz CT molecular complexity index is 372. The molecule has 1 amide bonds. The van der Waals surface area contributed by atoms with Crippen molar-refractivity contribution >= 4 is 5.91 Å². The predicted molar refractivity (Wildman–Crippen MR) is 57.1 cm³/mol. The summed E-state index contributed by atoms with van der Waals surface area (Å²) in [6, 6.07) is 9.35.